The van der Waals surface area contributed by atoms with Gasteiger partial charge in [0.2, 0.25) is 0 Å². The second-order valence-electron chi connectivity index (χ2n) is 10.6. The predicted octanol–water partition coefficient (Wildman–Crippen LogP) is 8.64. The highest BCUT2D eigenvalue weighted by Crippen LogP contribution is 2.36. The molecule has 0 radical (unpaired) electrons. The Kier molecular flexibility index (Phi) is 8.43. The van der Waals surface area contributed by atoms with Crippen LogP contribution >= 0.6 is 0 Å². The third-order valence-electron chi connectivity index (χ3n) is 6.80. The van der Waals surface area contributed by atoms with Crippen molar-refractivity contribution in [3.8, 4) is 5.75 Å². The van der Waals surface area contributed by atoms with Gasteiger partial charge in [-0.1, -0.05) is 72.7 Å². The van der Waals surface area contributed by atoms with Crippen LogP contribution in [0.2, 0.25) is 0 Å². The lowest BCUT2D eigenvalue weighted by molar-refractivity contribution is 0.475. The van der Waals surface area contributed by atoms with Gasteiger partial charge in [0.1, 0.15) is 5.75 Å². The molecule has 3 N–H and O–H groups in total. The highest BCUT2D eigenvalue weighted by molar-refractivity contribution is 6.00. The fraction of sp³-hybridized carbons (Fsp3) is 0.406. The zero-order valence-corrected chi connectivity index (χ0v) is 22.7. The van der Waals surface area contributed by atoms with E-state index in [9.17, 15) is 5.11 Å². The van der Waals surface area contributed by atoms with E-state index in [1.54, 1.807) is 12.1 Å². The summed E-state index contributed by atoms with van der Waals surface area (Å²) < 4.78 is 0. The second-order valence-corrected chi connectivity index (χ2v) is 10.6. The number of phenolic OH excluding ortho intramolecular Hbond substituents is 1. The summed E-state index contributed by atoms with van der Waals surface area (Å²) >= 11 is 0. The molecule has 0 spiro atoms. The van der Waals surface area contributed by atoms with Crippen LogP contribution in [0.25, 0.3) is 0 Å². The molecule has 3 nitrogen and oxygen atoms in total. The molecule has 0 unspecified atom stereocenters. The van der Waals surface area contributed by atoms with Crippen LogP contribution in [0, 0.1) is 0 Å². The number of hydrogen-bond acceptors (Lipinski definition) is 3. The fourth-order valence-electron chi connectivity index (χ4n) is 4.73. The summed E-state index contributed by atoms with van der Waals surface area (Å²) in [5.74, 6) is 1.41. The molecule has 0 aliphatic heterocycles. The summed E-state index contributed by atoms with van der Waals surface area (Å²) in [5, 5.41) is 9.64. The van der Waals surface area contributed by atoms with Gasteiger partial charge in [-0.25, -0.2) is 0 Å². The van der Waals surface area contributed by atoms with Crippen molar-refractivity contribution in [2.45, 2.75) is 86.0 Å². The Bertz CT molecular complexity index is 1170. The van der Waals surface area contributed by atoms with Gasteiger partial charge in [-0.15, -0.1) is 0 Å². The van der Waals surface area contributed by atoms with Crippen LogP contribution in [0.4, 0.5) is 11.4 Å². The van der Waals surface area contributed by atoms with Crippen LogP contribution in [-0.4, -0.2) is 10.8 Å². The van der Waals surface area contributed by atoms with Crippen molar-refractivity contribution in [3.63, 3.8) is 0 Å². The molecule has 0 amide bonds. The first-order valence-corrected chi connectivity index (χ1v) is 12.9. The Labute approximate surface area is 212 Å². The number of benzene rings is 3. The molecule has 0 bridgehead atoms. The van der Waals surface area contributed by atoms with E-state index >= 15 is 0 Å². The molecule has 3 heteroatoms. The number of anilines is 1. The SMILES string of the molecule is CCc1cc(Cc2cc(C(C)C)c(N)c(C(C)C)c2)cc(C(C)C)c1/N=C(\C)c1ccc(O)cc1. The number of nitrogens with zero attached hydrogens (tertiary/aromatic N) is 1. The number of aryl methyl sites for hydroxylation is 1. The highest BCUT2D eigenvalue weighted by Gasteiger charge is 2.17. The topological polar surface area (TPSA) is 58.6 Å². The van der Waals surface area contributed by atoms with Gasteiger partial charge in [0.25, 0.3) is 0 Å². The lowest BCUT2D eigenvalue weighted by Gasteiger charge is -2.20. The molecule has 0 aromatic heterocycles. The minimum absolute atomic E-state index is 0.270. The fourth-order valence-corrected chi connectivity index (χ4v) is 4.73. The molecule has 35 heavy (non-hydrogen) atoms. The summed E-state index contributed by atoms with van der Waals surface area (Å²) in [5.41, 5.74) is 18.2. The third kappa shape index (κ3) is 6.14. The van der Waals surface area contributed by atoms with Crippen LogP contribution in [0.15, 0.2) is 53.5 Å². The molecule has 0 atom stereocenters. The number of aliphatic imine (C=N–C) groups is 1. The van der Waals surface area contributed by atoms with Gasteiger partial charge in [0.15, 0.2) is 0 Å². The number of aromatic hydroxyl groups is 1. The average molecular weight is 471 g/mol. The summed E-state index contributed by atoms with van der Waals surface area (Å²) in [6, 6.07) is 16.5. The number of rotatable bonds is 8. The van der Waals surface area contributed by atoms with Gasteiger partial charge in [-0.05, 0) is 101 Å². The van der Waals surface area contributed by atoms with E-state index in [2.05, 4.69) is 72.7 Å². The van der Waals surface area contributed by atoms with E-state index in [0.29, 0.717) is 17.8 Å². The average Bonchev–Trinajstić information content (AvgIpc) is 2.80. The number of phenols is 1. The molecule has 3 aromatic carbocycles. The van der Waals surface area contributed by atoms with E-state index in [4.69, 9.17) is 10.7 Å². The van der Waals surface area contributed by atoms with E-state index in [0.717, 1.165) is 35.5 Å². The normalized spacial score (nSPS) is 12.3. The summed E-state index contributed by atoms with van der Waals surface area (Å²) in [6.07, 6.45) is 1.80. The van der Waals surface area contributed by atoms with Gasteiger partial charge >= 0.3 is 0 Å². The molecule has 0 heterocycles. The second kappa shape index (κ2) is 11.1. The van der Waals surface area contributed by atoms with Gasteiger partial charge in [-0.2, -0.15) is 0 Å². The standard InChI is InChI=1S/C32H42N2O/c1-9-25-15-23(14-24-16-28(19(2)3)31(33)29(17-24)20(4)5)18-30(21(6)7)32(25)34-22(8)26-10-12-27(35)13-11-26/h10-13,15-21,35H,9,14,33H2,1-8H3/b34-22+. The molecular formula is C32H42N2O. The van der Waals surface area contributed by atoms with Crippen molar-refractivity contribution >= 4 is 17.1 Å². The Morgan fingerprint density at radius 3 is 1.77 bits per heavy atom. The van der Waals surface area contributed by atoms with Crippen LogP contribution in [0.1, 0.15) is 112 Å². The zero-order valence-electron chi connectivity index (χ0n) is 22.7. The van der Waals surface area contributed by atoms with Gasteiger partial charge in [0.05, 0.1) is 5.69 Å². The summed E-state index contributed by atoms with van der Waals surface area (Å²) in [4.78, 5) is 5.10. The number of nitrogens with two attached hydrogens (primary N) is 1. The smallest absolute Gasteiger partial charge is 0.115 e. The molecular weight excluding hydrogens is 428 g/mol. The summed E-state index contributed by atoms with van der Waals surface area (Å²) in [6.45, 7) is 17.6. The minimum atomic E-state index is 0.270. The summed E-state index contributed by atoms with van der Waals surface area (Å²) in [7, 11) is 0. The van der Waals surface area contributed by atoms with Gasteiger partial charge in [0, 0.05) is 11.4 Å². The highest BCUT2D eigenvalue weighted by atomic mass is 16.3. The predicted molar refractivity (Wildman–Crippen MR) is 152 cm³/mol. The molecule has 3 rings (SSSR count). The zero-order chi connectivity index (χ0) is 25.9. The lowest BCUT2D eigenvalue weighted by atomic mass is 9.87. The van der Waals surface area contributed by atoms with Crippen LogP contribution in [-0.2, 0) is 12.8 Å². The van der Waals surface area contributed by atoms with Crippen molar-refractivity contribution in [2.75, 3.05) is 5.73 Å². The number of nitrogen functional groups attached to an aromatic ring is 1. The maximum atomic E-state index is 9.64. The van der Waals surface area contributed by atoms with Crippen molar-refractivity contribution in [3.05, 3.63) is 87.5 Å². The third-order valence-corrected chi connectivity index (χ3v) is 6.80. The van der Waals surface area contributed by atoms with Gasteiger partial charge in [-0.3, -0.25) is 4.99 Å². The molecule has 186 valence electrons. The van der Waals surface area contributed by atoms with E-state index in [-0.39, 0.29) is 5.75 Å². The van der Waals surface area contributed by atoms with E-state index in [1.807, 2.05) is 19.1 Å². The van der Waals surface area contributed by atoms with Crippen LogP contribution in [0.3, 0.4) is 0 Å². The van der Waals surface area contributed by atoms with E-state index in [1.165, 1.54) is 33.4 Å². The molecule has 0 aliphatic carbocycles. The Morgan fingerprint density at radius 2 is 1.29 bits per heavy atom. The molecule has 3 aromatic rings. The van der Waals surface area contributed by atoms with Crippen LogP contribution in [0.5, 0.6) is 5.75 Å². The molecule has 0 saturated heterocycles. The Hall–Kier alpha value is -3.07. The monoisotopic (exact) mass is 470 g/mol. The largest absolute Gasteiger partial charge is 0.508 e. The maximum Gasteiger partial charge on any atom is 0.115 e. The first kappa shape index (κ1) is 26.5. The van der Waals surface area contributed by atoms with Crippen molar-refractivity contribution < 1.29 is 5.11 Å². The van der Waals surface area contributed by atoms with Gasteiger partial charge < -0.3 is 10.8 Å². The molecule has 0 saturated carbocycles. The Morgan fingerprint density at radius 1 is 0.800 bits per heavy atom. The molecule has 0 fully saturated rings. The van der Waals surface area contributed by atoms with Crippen LogP contribution < -0.4 is 5.73 Å². The van der Waals surface area contributed by atoms with Crippen molar-refractivity contribution in [1.82, 2.24) is 0 Å². The minimum Gasteiger partial charge on any atom is -0.508 e. The maximum absolute atomic E-state index is 9.64. The first-order valence-electron chi connectivity index (χ1n) is 12.9. The van der Waals surface area contributed by atoms with E-state index < -0.39 is 0 Å². The number of hydrogen-bond donors (Lipinski definition) is 2. The lowest BCUT2D eigenvalue weighted by Crippen LogP contribution is -2.06. The Balaban J connectivity index is 2.08. The quantitative estimate of drug-likeness (QED) is 0.256. The van der Waals surface area contributed by atoms with Crippen molar-refractivity contribution in [2.24, 2.45) is 4.99 Å². The molecule has 0 aliphatic rings. The van der Waals surface area contributed by atoms with Crippen molar-refractivity contribution in [1.29, 1.82) is 0 Å². The first-order chi connectivity index (χ1) is 16.5.